The highest BCUT2D eigenvalue weighted by Crippen LogP contribution is 2.40. The standard InChI is InChI=1S/C34H39F3N8O2/c1-21-7-6-8-24-15-39-17-29(30(21)24)43-10-9-27-28(20-43)40-33(47-22(2)18-42(5)25-13-34(36,37)14-25)41-31(27)44-11-12-45(32(46)23(3)35)26(19-44)16-38-4/h6-8,15,17,22,25-26H,3,9-14,16,18-20H2,1-2,5H3/t22-,26+/m1/s1. The fraction of sp³-hybridized carbons (Fsp3) is 0.500. The third kappa shape index (κ3) is 6.70. The van der Waals surface area contributed by atoms with Crippen LogP contribution in [0.25, 0.3) is 15.6 Å². The van der Waals surface area contributed by atoms with Gasteiger partial charge in [-0.3, -0.25) is 14.7 Å². The molecule has 3 aliphatic rings. The predicted octanol–water partition coefficient (Wildman–Crippen LogP) is 4.81. The topological polar surface area (TPSA) is 82.3 Å². The number of hydrogen-bond donors (Lipinski definition) is 0. The minimum Gasteiger partial charge on any atom is -0.459 e. The number of nitrogens with zero attached hydrogens (tertiary/aromatic N) is 8. The average molecular weight is 649 g/mol. The number of carbonyl (C=O) groups excluding carboxylic acids is 1. The van der Waals surface area contributed by atoms with Crippen LogP contribution in [0.1, 0.15) is 36.6 Å². The Labute approximate surface area is 272 Å². The lowest BCUT2D eigenvalue weighted by Crippen LogP contribution is -2.57. The third-order valence-electron chi connectivity index (χ3n) is 9.46. The van der Waals surface area contributed by atoms with Crippen molar-refractivity contribution in [1.29, 1.82) is 0 Å². The number of anilines is 2. The largest absolute Gasteiger partial charge is 0.459 e. The molecule has 0 unspecified atom stereocenters. The summed E-state index contributed by atoms with van der Waals surface area (Å²) in [6.07, 6.45) is 3.67. The first-order chi connectivity index (χ1) is 22.4. The Morgan fingerprint density at radius 2 is 2.00 bits per heavy atom. The second-order valence-corrected chi connectivity index (χ2v) is 12.9. The molecular weight excluding hydrogens is 609 g/mol. The van der Waals surface area contributed by atoms with E-state index in [9.17, 15) is 18.0 Å². The monoisotopic (exact) mass is 648 g/mol. The smallest absolute Gasteiger partial charge is 0.318 e. The van der Waals surface area contributed by atoms with E-state index in [0.29, 0.717) is 38.4 Å². The van der Waals surface area contributed by atoms with Gasteiger partial charge < -0.3 is 24.3 Å². The van der Waals surface area contributed by atoms with Gasteiger partial charge in [0.05, 0.1) is 24.1 Å². The molecule has 1 saturated carbocycles. The summed E-state index contributed by atoms with van der Waals surface area (Å²) in [7, 11) is 1.82. The number of pyridine rings is 1. The summed E-state index contributed by atoms with van der Waals surface area (Å²) in [6.45, 7) is 17.1. The summed E-state index contributed by atoms with van der Waals surface area (Å²) < 4.78 is 47.1. The van der Waals surface area contributed by atoms with E-state index in [1.807, 2.05) is 48.3 Å². The van der Waals surface area contributed by atoms with Gasteiger partial charge in [-0.1, -0.05) is 24.8 Å². The van der Waals surface area contributed by atoms with Crippen molar-refractivity contribution in [2.24, 2.45) is 0 Å². The Morgan fingerprint density at radius 3 is 2.72 bits per heavy atom. The molecule has 2 aromatic heterocycles. The Kier molecular flexibility index (Phi) is 8.98. The predicted molar refractivity (Wildman–Crippen MR) is 173 cm³/mol. The summed E-state index contributed by atoms with van der Waals surface area (Å²) in [5, 5.41) is 2.18. The Hall–Kier alpha value is -4.44. The number of halogens is 3. The van der Waals surface area contributed by atoms with Crippen molar-refractivity contribution in [3.63, 3.8) is 0 Å². The summed E-state index contributed by atoms with van der Waals surface area (Å²) in [4.78, 5) is 37.9. The van der Waals surface area contributed by atoms with Crippen LogP contribution in [0.15, 0.2) is 43.0 Å². The first-order valence-electron chi connectivity index (χ1n) is 15.9. The van der Waals surface area contributed by atoms with E-state index in [-0.39, 0.29) is 50.6 Å². The number of likely N-dealkylation sites (N-methyl/N-ethyl adjacent to an activating group) is 1. The van der Waals surface area contributed by atoms with E-state index >= 15 is 0 Å². The molecule has 2 aliphatic heterocycles. The number of aromatic nitrogens is 3. The van der Waals surface area contributed by atoms with Gasteiger partial charge in [0.1, 0.15) is 18.0 Å². The molecule has 248 valence electrons. The van der Waals surface area contributed by atoms with Crippen LogP contribution in [0.4, 0.5) is 24.7 Å². The summed E-state index contributed by atoms with van der Waals surface area (Å²) >= 11 is 0. The normalized spacial score (nSPS) is 20.0. The van der Waals surface area contributed by atoms with Crippen LogP contribution in [-0.2, 0) is 17.8 Å². The minimum absolute atomic E-state index is 0.0109. The highest BCUT2D eigenvalue weighted by atomic mass is 19.3. The van der Waals surface area contributed by atoms with Crippen molar-refractivity contribution < 1.29 is 22.7 Å². The number of amides is 1. The van der Waals surface area contributed by atoms with Crippen molar-refractivity contribution in [3.05, 3.63) is 71.2 Å². The second kappa shape index (κ2) is 13.0. The lowest BCUT2D eigenvalue weighted by molar-refractivity contribution is -0.131. The molecule has 6 rings (SSSR count). The summed E-state index contributed by atoms with van der Waals surface area (Å²) in [5.74, 6) is -3.80. The van der Waals surface area contributed by atoms with Gasteiger partial charge in [0, 0.05) is 74.1 Å². The van der Waals surface area contributed by atoms with Crippen molar-refractivity contribution in [1.82, 2.24) is 24.8 Å². The van der Waals surface area contributed by atoms with Crippen molar-refractivity contribution >= 4 is 28.2 Å². The molecular formula is C34H39F3N8O2. The van der Waals surface area contributed by atoms with Crippen LogP contribution in [0, 0.1) is 13.5 Å². The third-order valence-corrected chi connectivity index (χ3v) is 9.46. The van der Waals surface area contributed by atoms with E-state index in [0.717, 1.165) is 33.3 Å². The lowest BCUT2D eigenvalue weighted by atomic mass is 9.87. The van der Waals surface area contributed by atoms with Gasteiger partial charge in [0.25, 0.3) is 11.8 Å². The maximum absolute atomic E-state index is 13.9. The SMILES string of the molecule is [C-]#[N+]C[C@H]1CN(c2nc(O[C@H](C)CN(C)C3CC(F)(F)C3)nc3c2CCN(c2cncc4cccc(C)c24)C3)CCN1C(=O)C(=C)F. The number of carbonyl (C=O) groups is 1. The number of benzene rings is 1. The van der Waals surface area contributed by atoms with Crippen molar-refractivity contribution in [3.8, 4) is 6.01 Å². The van der Waals surface area contributed by atoms with Crippen molar-refractivity contribution in [2.45, 2.75) is 63.8 Å². The van der Waals surface area contributed by atoms with Gasteiger partial charge in [-0.05, 0) is 32.9 Å². The summed E-state index contributed by atoms with van der Waals surface area (Å²) in [5.41, 5.74) is 3.90. The highest BCUT2D eigenvalue weighted by molar-refractivity contribution is 5.96. The average Bonchev–Trinajstić information content (AvgIpc) is 3.02. The zero-order valence-electron chi connectivity index (χ0n) is 26.9. The number of aryl methyl sites for hydroxylation is 1. The number of ether oxygens (including phenoxy) is 1. The molecule has 47 heavy (non-hydrogen) atoms. The first-order valence-corrected chi connectivity index (χ1v) is 15.9. The minimum atomic E-state index is -2.61. The zero-order chi connectivity index (χ0) is 33.5. The Morgan fingerprint density at radius 1 is 1.21 bits per heavy atom. The molecule has 1 amide bonds. The van der Waals surface area contributed by atoms with E-state index in [1.165, 1.54) is 4.90 Å². The molecule has 4 heterocycles. The molecule has 2 fully saturated rings. The van der Waals surface area contributed by atoms with E-state index in [2.05, 4.69) is 34.3 Å². The molecule has 0 bridgehead atoms. The molecule has 10 nitrogen and oxygen atoms in total. The number of alkyl halides is 2. The quantitative estimate of drug-likeness (QED) is 0.242. The van der Waals surface area contributed by atoms with Gasteiger partial charge in [-0.15, -0.1) is 0 Å². The number of piperazine rings is 1. The number of fused-ring (bicyclic) bond motifs is 2. The maximum Gasteiger partial charge on any atom is 0.318 e. The van der Waals surface area contributed by atoms with Crippen LogP contribution < -0.4 is 14.5 Å². The molecule has 0 radical (unpaired) electrons. The fourth-order valence-corrected chi connectivity index (χ4v) is 6.99. The van der Waals surface area contributed by atoms with Crippen LogP contribution >= 0.6 is 0 Å². The molecule has 13 heteroatoms. The van der Waals surface area contributed by atoms with Gasteiger partial charge in [-0.25, -0.2) is 19.7 Å². The maximum atomic E-state index is 13.9. The molecule has 1 saturated heterocycles. The highest BCUT2D eigenvalue weighted by Gasteiger charge is 2.47. The van der Waals surface area contributed by atoms with Gasteiger partial charge in [-0.2, -0.15) is 9.97 Å². The lowest BCUT2D eigenvalue weighted by Gasteiger charge is -2.42. The first kappa shape index (κ1) is 32.5. The zero-order valence-corrected chi connectivity index (χ0v) is 26.9. The van der Waals surface area contributed by atoms with Crippen molar-refractivity contribution in [2.75, 3.05) is 56.1 Å². The number of hydrogen-bond acceptors (Lipinski definition) is 8. The van der Waals surface area contributed by atoms with Gasteiger partial charge >= 0.3 is 6.01 Å². The van der Waals surface area contributed by atoms with Gasteiger partial charge in [0.2, 0.25) is 6.54 Å². The second-order valence-electron chi connectivity index (χ2n) is 12.9. The number of rotatable bonds is 9. The fourth-order valence-electron chi connectivity index (χ4n) is 6.99. The van der Waals surface area contributed by atoms with E-state index in [4.69, 9.17) is 21.3 Å². The Bertz CT molecular complexity index is 1720. The van der Waals surface area contributed by atoms with E-state index < -0.39 is 23.7 Å². The Balaban J connectivity index is 1.31. The molecule has 3 aromatic rings. The molecule has 0 spiro atoms. The van der Waals surface area contributed by atoms with Crippen LogP contribution in [0.2, 0.25) is 0 Å². The molecule has 0 N–H and O–H groups in total. The van der Waals surface area contributed by atoms with Crippen LogP contribution in [0.3, 0.4) is 0 Å². The molecule has 2 atom stereocenters. The molecule has 1 aliphatic carbocycles. The van der Waals surface area contributed by atoms with E-state index in [1.54, 1.807) is 0 Å². The summed E-state index contributed by atoms with van der Waals surface area (Å²) in [6, 6.07) is 5.57. The van der Waals surface area contributed by atoms with Gasteiger partial charge in [0.15, 0.2) is 5.83 Å². The van der Waals surface area contributed by atoms with Crippen LogP contribution in [0.5, 0.6) is 6.01 Å². The molecule has 1 aromatic carbocycles. The van der Waals surface area contributed by atoms with Crippen LogP contribution in [-0.4, -0.2) is 101 Å².